The molecule has 0 aliphatic heterocycles. The summed E-state index contributed by atoms with van der Waals surface area (Å²) in [4.78, 5) is 24.4. The van der Waals surface area contributed by atoms with E-state index in [0.29, 0.717) is 17.1 Å². The summed E-state index contributed by atoms with van der Waals surface area (Å²) in [5.41, 5.74) is 1.69. The summed E-state index contributed by atoms with van der Waals surface area (Å²) in [6, 6.07) is 13.8. The Morgan fingerprint density at radius 2 is 1.38 bits per heavy atom. The van der Waals surface area contributed by atoms with Gasteiger partial charge in [-0.2, -0.15) is 0 Å². The number of aryl methyl sites for hydroxylation is 1. The van der Waals surface area contributed by atoms with Crippen molar-refractivity contribution in [2.45, 2.75) is 71.1 Å². The first-order valence-corrected chi connectivity index (χ1v) is 12.7. The molecule has 0 fully saturated rings. The van der Waals surface area contributed by atoms with E-state index in [1.54, 1.807) is 36.4 Å². The van der Waals surface area contributed by atoms with Crippen LogP contribution in [0.4, 0.5) is 0 Å². The van der Waals surface area contributed by atoms with Gasteiger partial charge in [0.25, 0.3) is 0 Å². The summed E-state index contributed by atoms with van der Waals surface area (Å²) in [5.74, 6) is -0.240. The number of alkyl halides is 1. The highest BCUT2D eigenvalue weighted by molar-refractivity contribution is 6.30. The fraction of sp³-hybridized carbons (Fsp3) is 0.500. The molecule has 0 aromatic heterocycles. The van der Waals surface area contributed by atoms with Gasteiger partial charge in [0, 0.05) is 13.2 Å². The van der Waals surface area contributed by atoms with Crippen LogP contribution in [0.15, 0.2) is 48.5 Å². The van der Waals surface area contributed by atoms with Crippen LogP contribution >= 0.6 is 11.6 Å². The third-order valence-electron chi connectivity index (χ3n) is 5.40. The van der Waals surface area contributed by atoms with Gasteiger partial charge in [-0.3, -0.25) is 4.79 Å². The van der Waals surface area contributed by atoms with Crippen LogP contribution in [0.3, 0.4) is 0 Å². The van der Waals surface area contributed by atoms with Crippen LogP contribution in [-0.2, 0) is 16.0 Å². The number of hydrogen-bond acceptors (Lipinski definition) is 5. The number of ether oxygens (including phenoxy) is 3. The molecule has 0 bridgehead atoms. The second kappa shape index (κ2) is 15.5. The van der Waals surface area contributed by atoms with Crippen molar-refractivity contribution in [2.75, 3.05) is 13.2 Å². The van der Waals surface area contributed by atoms with Crippen LogP contribution in [0.25, 0.3) is 0 Å². The maximum absolute atomic E-state index is 12.4. The van der Waals surface area contributed by atoms with Gasteiger partial charge in [-0.1, -0.05) is 52.2 Å². The molecule has 34 heavy (non-hydrogen) atoms. The summed E-state index contributed by atoms with van der Waals surface area (Å²) in [6.45, 7) is 7.60. The largest absolute Gasteiger partial charge is 0.425 e. The van der Waals surface area contributed by atoms with Gasteiger partial charge in [-0.25, -0.2) is 4.79 Å². The maximum atomic E-state index is 12.4. The van der Waals surface area contributed by atoms with E-state index in [9.17, 15) is 9.59 Å². The highest BCUT2D eigenvalue weighted by Gasteiger charge is 2.21. The van der Waals surface area contributed by atoms with E-state index in [0.717, 1.165) is 45.3 Å². The Hall–Kier alpha value is -2.37. The molecule has 0 saturated heterocycles. The van der Waals surface area contributed by atoms with Crippen LogP contribution in [-0.4, -0.2) is 30.5 Å². The first kappa shape index (κ1) is 27.9. The molecule has 0 unspecified atom stereocenters. The predicted molar refractivity (Wildman–Crippen MR) is 136 cm³/mol. The molecule has 0 amide bonds. The summed E-state index contributed by atoms with van der Waals surface area (Å²) < 4.78 is 16.3. The molecule has 6 heteroatoms. The monoisotopic (exact) mass is 488 g/mol. The number of esters is 2. The van der Waals surface area contributed by atoms with Crippen molar-refractivity contribution in [3.05, 3.63) is 59.7 Å². The van der Waals surface area contributed by atoms with Gasteiger partial charge < -0.3 is 14.2 Å². The number of carbonyl (C=O) groups is 2. The SMILES string of the molecule is CCCCCOCCCCCc1ccc(C(=O)Oc2ccc(OC(=O)[C@@H](Cl)C(C)C)cc2)cc1. The molecule has 0 aliphatic rings. The summed E-state index contributed by atoms with van der Waals surface area (Å²) in [5, 5.41) is -0.713. The average Bonchev–Trinajstić information content (AvgIpc) is 2.84. The fourth-order valence-corrected chi connectivity index (χ4v) is 3.30. The minimum Gasteiger partial charge on any atom is -0.425 e. The van der Waals surface area contributed by atoms with E-state index < -0.39 is 17.3 Å². The van der Waals surface area contributed by atoms with Crippen molar-refractivity contribution < 1.29 is 23.8 Å². The van der Waals surface area contributed by atoms with Gasteiger partial charge in [-0.05, 0) is 73.6 Å². The van der Waals surface area contributed by atoms with E-state index in [4.69, 9.17) is 25.8 Å². The lowest BCUT2D eigenvalue weighted by Crippen LogP contribution is -2.25. The molecule has 0 heterocycles. The standard InChI is InChI=1S/C28H37ClO5/c1-4-5-8-19-32-20-9-6-7-10-22-11-13-23(14-12-22)27(30)33-24-15-17-25(18-16-24)34-28(31)26(29)21(2)3/h11-18,21,26H,4-10,19-20H2,1-3H3/t26-/m0/s1. The molecule has 0 aliphatic carbocycles. The van der Waals surface area contributed by atoms with Gasteiger partial charge in [0.1, 0.15) is 16.9 Å². The fourth-order valence-electron chi connectivity index (χ4n) is 3.26. The zero-order chi connectivity index (χ0) is 24.8. The molecule has 186 valence electrons. The zero-order valence-electron chi connectivity index (χ0n) is 20.6. The number of carbonyl (C=O) groups excluding carboxylic acids is 2. The smallest absolute Gasteiger partial charge is 0.343 e. The maximum Gasteiger partial charge on any atom is 0.343 e. The molecule has 0 spiro atoms. The lowest BCUT2D eigenvalue weighted by molar-refractivity contribution is -0.134. The Kier molecular flexibility index (Phi) is 12.7. The number of hydrogen-bond donors (Lipinski definition) is 0. The van der Waals surface area contributed by atoms with Crippen molar-refractivity contribution in [2.24, 2.45) is 5.92 Å². The second-order valence-corrected chi connectivity index (χ2v) is 9.23. The van der Waals surface area contributed by atoms with E-state index in [1.165, 1.54) is 18.4 Å². The van der Waals surface area contributed by atoms with E-state index in [-0.39, 0.29) is 5.92 Å². The number of unbranched alkanes of at least 4 members (excludes halogenated alkanes) is 4. The minimum atomic E-state index is -0.713. The van der Waals surface area contributed by atoms with Crippen LogP contribution in [0, 0.1) is 5.92 Å². The van der Waals surface area contributed by atoms with Gasteiger partial charge in [0.2, 0.25) is 0 Å². The molecule has 0 N–H and O–H groups in total. The zero-order valence-corrected chi connectivity index (χ0v) is 21.3. The lowest BCUT2D eigenvalue weighted by Gasteiger charge is -2.12. The van der Waals surface area contributed by atoms with Crippen molar-refractivity contribution in [3.8, 4) is 11.5 Å². The molecule has 1 atom stereocenters. The van der Waals surface area contributed by atoms with Gasteiger partial charge in [0.05, 0.1) is 5.56 Å². The normalized spacial score (nSPS) is 11.9. The third-order valence-corrected chi connectivity index (χ3v) is 6.08. The second-order valence-electron chi connectivity index (χ2n) is 8.75. The van der Waals surface area contributed by atoms with Gasteiger partial charge >= 0.3 is 11.9 Å². The Bertz CT molecular complexity index is 861. The number of rotatable bonds is 15. The third kappa shape index (κ3) is 10.3. The predicted octanol–water partition coefficient (Wildman–Crippen LogP) is 6.99. The highest BCUT2D eigenvalue weighted by atomic mass is 35.5. The van der Waals surface area contributed by atoms with Crippen molar-refractivity contribution in [3.63, 3.8) is 0 Å². The molecule has 2 aromatic carbocycles. The van der Waals surface area contributed by atoms with Crippen LogP contribution in [0.5, 0.6) is 11.5 Å². The molecular formula is C28H37ClO5. The number of benzene rings is 2. The Labute approximate surface area is 208 Å². The summed E-state index contributed by atoms with van der Waals surface area (Å²) in [6.07, 6.45) is 7.90. The first-order valence-electron chi connectivity index (χ1n) is 12.3. The van der Waals surface area contributed by atoms with Gasteiger partial charge in [0.15, 0.2) is 0 Å². The van der Waals surface area contributed by atoms with Crippen molar-refractivity contribution in [1.82, 2.24) is 0 Å². The Balaban J connectivity index is 1.71. The van der Waals surface area contributed by atoms with E-state index in [1.807, 2.05) is 26.0 Å². The molecule has 0 saturated carbocycles. The van der Waals surface area contributed by atoms with Crippen LogP contribution < -0.4 is 9.47 Å². The molecule has 0 radical (unpaired) electrons. The molecular weight excluding hydrogens is 452 g/mol. The minimum absolute atomic E-state index is 0.0273. The quantitative estimate of drug-likeness (QED) is 0.117. The van der Waals surface area contributed by atoms with Crippen molar-refractivity contribution in [1.29, 1.82) is 0 Å². The van der Waals surface area contributed by atoms with E-state index >= 15 is 0 Å². The van der Waals surface area contributed by atoms with Crippen LogP contribution in [0.1, 0.15) is 75.2 Å². The summed E-state index contributed by atoms with van der Waals surface area (Å²) >= 11 is 6.01. The Morgan fingerprint density at radius 3 is 1.97 bits per heavy atom. The molecule has 2 aromatic rings. The Morgan fingerprint density at radius 1 is 0.794 bits per heavy atom. The van der Waals surface area contributed by atoms with Crippen molar-refractivity contribution >= 4 is 23.5 Å². The highest BCUT2D eigenvalue weighted by Crippen LogP contribution is 2.21. The lowest BCUT2D eigenvalue weighted by atomic mass is 10.1. The van der Waals surface area contributed by atoms with Gasteiger partial charge in [-0.15, -0.1) is 11.6 Å². The first-order chi connectivity index (χ1) is 16.4. The molecule has 5 nitrogen and oxygen atoms in total. The number of halogens is 1. The van der Waals surface area contributed by atoms with E-state index in [2.05, 4.69) is 6.92 Å². The molecule has 2 rings (SSSR count). The summed E-state index contributed by atoms with van der Waals surface area (Å²) in [7, 11) is 0. The van der Waals surface area contributed by atoms with Crippen LogP contribution in [0.2, 0.25) is 0 Å². The average molecular weight is 489 g/mol. The topological polar surface area (TPSA) is 61.8 Å².